The van der Waals surface area contributed by atoms with Crippen molar-refractivity contribution >= 4 is 5.91 Å². The predicted octanol–water partition coefficient (Wildman–Crippen LogP) is 1.66. The van der Waals surface area contributed by atoms with Crippen LogP contribution < -0.4 is 5.32 Å². The molecular weight excluding hydrogens is 126 g/mol. The number of nitrogens with one attached hydrogen (secondary N) is 1. The van der Waals surface area contributed by atoms with E-state index >= 15 is 0 Å². The first-order valence-corrected chi connectivity index (χ1v) is 3.95. The van der Waals surface area contributed by atoms with E-state index in [2.05, 4.69) is 19.2 Å². The van der Waals surface area contributed by atoms with E-state index in [9.17, 15) is 4.79 Å². The fraction of sp³-hybridized carbons (Fsp3) is 0.875. The third-order valence-electron chi connectivity index (χ3n) is 1.87. The van der Waals surface area contributed by atoms with Gasteiger partial charge in [-0.15, -0.1) is 0 Å². The number of carbonyl (C=O) groups excluding carboxylic acids is 1. The zero-order chi connectivity index (χ0) is 11.6. The minimum Gasteiger partial charge on any atom is -0.356 e. The number of hydrogen-bond acceptors (Lipinski definition) is 1. The van der Waals surface area contributed by atoms with Gasteiger partial charge in [0.15, 0.2) is 0 Å². The molecule has 1 unspecified atom stereocenters. The molecule has 0 aromatic carbocycles. The summed E-state index contributed by atoms with van der Waals surface area (Å²) in [7, 11) is 0. The van der Waals surface area contributed by atoms with Crippen LogP contribution >= 0.6 is 0 Å². The molecule has 1 fully saturated rings. The molecule has 0 saturated carbocycles. The van der Waals surface area contributed by atoms with Crippen LogP contribution in [0.3, 0.4) is 0 Å². The third-order valence-corrected chi connectivity index (χ3v) is 1.87. The van der Waals surface area contributed by atoms with Crippen LogP contribution in [0.4, 0.5) is 0 Å². The Kier molecular flexibility index (Phi) is 1.57. The summed E-state index contributed by atoms with van der Waals surface area (Å²) in [5, 5.41) is 2.84. The molecule has 0 radical (unpaired) electrons. The fourth-order valence-corrected chi connectivity index (χ4v) is 1.50. The summed E-state index contributed by atoms with van der Waals surface area (Å²) >= 11 is 0. The lowest BCUT2D eigenvalue weighted by Crippen LogP contribution is -2.14. The maximum Gasteiger partial charge on any atom is 0.220 e. The van der Waals surface area contributed by atoms with Gasteiger partial charge in [-0.05, 0) is 18.3 Å². The van der Waals surface area contributed by atoms with Crippen LogP contribution in [-0.4, -0.2) is 12.5 Å². The molecule has 0 aromatic heterocycles. The smallest absolute Gasteiger partial charge is 0.220 e. The van der Waals surface area contributed by atoms with Crippen molar-refractivity contribution in [3.63, 3.8) is 0 Å². The Bertz CT molecular complexity index is 143. The summed E-state index contributed by atoms with van der Waals surface area (Å²) in [6.45, 7) is 5.29. The molecule has 1 amide bonds. The molecule has 0 bridgehead atoms. The van der Waals surface area contributed by atoms with Gasteiger partial charge in [0.05, 0.1) is 0 Å². The molecule has 1 saturated heterocycles. The largest absolute Gasteiger partial charge is 0.356 e. The minimum absolute atomic E-state index is 0.227. The van der Waals surface area contributed by atoms with Crippen molar-refractivity contribution < 1.29 is 10.7 Å². The number of hydrogen-bond donors (Lipinski definition) is 1. The molecule has 1 heterocycles. The zero-order valence-electron chi connectivity index (χ0n) is 10.7. The average molecular weight is 149 g/mol. The number of amides is 1. The highest BCUT2D eigenvalue weighted by molar-refractivity contribution is 5.78. The van der Waals surface area contributed by atoms with E-state index in [4.69, 9.17) is 5.94 Å². The lowest BCUT2D eigenvalue weighted by atomic mass is 9.97. The first-order chi connectivity index (χ1) is 6.68. The summed E-state index contributed by atoms with van der Waals surface area (Å²) in [5.74, 6) is 1.55. The van der Waals surface area contributed by atoms with Gasteiger partial charge in [0.25, 0.3) is 0 Å². The second-order valence-corrected chi connectivity index (χ2v) is 3.50. The van der Waals surface area contributed by atoms with E-state index in [-0.39, 0.29) is 5.91 Å². The van der Waals surface area contributed by atoms with Gasteiger partial charge in [0.1, 0.15) is 0 Å². The Labute approximate surface area is 68.2 Å². The zero-order valence-corrected chi connectivity index (χ0v) is 6.68. The van der Waals surface area contributed by atoms with E-state index in [0.29, 0.717) is 5.92 Å². The molecule has 1 N–H and O–H groups in total. The second kappa shape index (κ2) is 3.04. The molecular formula is C8H19NO. The van der Waals surface area contributed by atoms with Crippen LogP contribution in [0.1, 0.15) is 32.6 Å². The van der Waals surface area contributed by atoms with Crippen molar-refractivity contribution in [3.8, 4) is 0 Å². The molecule has 1 rings (SSSR count). The SMILES string of the molecule is CC(C)CC1CNC(=O)C1.[2H][2H].[2H][2H]. The van der Waals surface area contributed by atoms with Gasteiger partial charge in [-0.25, -0.2) is 0 Å². The summed E-state index contributed by atoms with van der Waals surface area (Å²) < 4.78 is 20.0. The van der Waals surface area contributed by atoms with E-state index in [1.54, 1.807) is 0 Å². The van der Waals surface area contributed by atoms with Crippen molar-refractivity contribution in [3.05, 3.63) is 0 Å². The monoisotopic (exact) mass is 149 g/mol. The molecule has 2 heteroatoms. The lowest BCUT2D eigenvalue weighted by molar-refractivity contribution is -0.119. The molecule has 0 aromatic rings. The first kappa shape index (κ1) is 5.16. The topological polar surface area (TPSA) is 29.1 Å². The van der Waals surface area contributed by atoms with E-state index < -0.39 is 0 Å². The molecule has 10 heavy (non-hydrogen) atoms. The normalized spacial score (nSPS) is 27.1. The van der Waals surface area contributed by atoms with Crippen LogP contribution in [0.15, 0.2) is 0 Å². The van der Waals surface area contributed by atoms with Gasteiger partial charge < -0.3 is 5.32 Å². The van der Waals surface area contributed by atoms with E-state index in [0.717, 1.165) is 18.9 Å². The molecule has 1 aliphatic rings. The van der Waals surface area contributed by atoms with Crippen molar-refractivity contribution in [2.24, 2.45) is 11.8 Å². The van der Waals surface area contributed by atoms with Gasteiger partial charge in [-0.2, -0.15) is 0 Å². The molecule has 1 atom stereocenters. The number of rotatable bonds is 2. The van der Waals surface area contributed by atoms with Crippen LogP contribution in [0.25, 0.3) is 0 Å². The van der Waals surface area contributed by atoms with E-state index in [1.807, 2.05) is 0 Å². The summed E-state index contributed by atoms with van der Waals surface area (Å²) in [4.78, 5) is 10.7. The highest BCUT2D eigenvalue weighted by atomic mass is 16.1. The predicted molar refractivity (Wildman–Crippen MR) is 44.8 cm³/mol. The van der Waals surface area contributed by atoms with Crippen molar-refractivity contribution in [1.82, 2.24) is 5.32 Å². The van der Waals surface area contributed by atoms with Gasteiger partial charge in [-0.1, -0.05) is 13.8 Å². The van der Waals surface area contributed by atoms with Crippen LogP contribution in [0.2, 0.25) is 0 Å². The van der Waals surface area contributed by atoms with Gasteiger partial charge >= 0.3 is 0 Å². The van der Waals surface area contributed by atoms with Gasteiger partial charge in [0.2, 0.25) is 5.91 Å². The van der Waals surface area contributed by atoms with Crippen molar-refractivity contribution in [1.29, 1.82) is 0 Å². The molecule has 1 aliphatic heterocycles. The Hall–Kier alpha value is -0.530. The third kappa shape index (κ3) is 2.01. The number of carbonyl (C=O) groups is 1. The summed E-state index contributed by atoms with van der Waals surface area (Å²) in [6, 6.07) is 0. The molecule has 0 aliphatic carbocycles. The van der Waals surface area contributed by atoms with Crippen LogP contribution in [-0.2, 0) is 4.79 Å². The van der Waals surface area contributed by atoms with Crippen molar-refractivity contribution in [2.45, 2.75) is 26.7 Å². The maximum atomic E-state index is 10.7. The standard InChI is InChI=1S/C8H15NO.2H2/c1-6(2)3-7-4-8(10)9-5-7;;/h6-7H,3-5H2,1-2H3,(H,9,10);2*1H/i;2*1+1D. The Morgan fingerprint density at radius 1 is 1.90 bits per heavy atom. The van der Waals surface area contributed by atoms with Crippen LogP contribution in [0, 0.1) is 11.8 Å². The average Bonchev–Trinajstić information content (AvgIpc) is 2.57. The molecule has 0 spiro atoms. The Balaban J connectivity index is 0. The van der Waals surface area contributed by atoms with Crippen LogP contribution in [0.5, 0.6) is 0 Å². The van der Waals surface area contributed by atoms with Crippen molar-refractivity contribution in [2.75, 3.05) is 6.54 Å². The Morgan fingerprint density at radius 3 is 3.00 bits per heavy atom. The highest BCUT2D eigenvalue weighted by Gasteiger charge is 2.21. The second-order valence-electron chi connectivity index (χ2n) is 3.50. The highest BCUT2D eigenvalue weighted by Crippen LogP contribution is 2.17. The Morgan fingerprint density at radius 2 is 2.60 bits per heavy atom. The fourth-order valence-electron chi connectivity index (χ4n) is 1.50. The van der Waals surface area contributed by atoms with Gasteiger partial charge in [-0.3, -0.25) is 4.79 Å². The quantitative estimate of drug-likeness (QED) is 0.635. The minimum atomic E-state index is 0.227. The van der Waals surface area contributed by atoms with Gasteiger partial charge in [0, 0.05) is 18.9 Å². The first-order valence-electron chi connectivity index (χ1n) is 5.95. The summed E-state index contributed by atoms with van der Waals surface area (Å²) in [6.07, 6.45) is 1.93. The molecule has 2 nitrogen and oxygen atoms in total. The lowest BCUT2D eigenvalue weighted by Gasteiger charge is -2.08. The maximum absolute atomic E-state index is 10.7. The van der Waals surface area contributed by atoms with E-state index in [1.165, 1.54) is 6.42 Å². The summed E-state index contributed by atoms with van der Waals surface area (Å²) in [5.41, 5.74) is 0. The molecule has 62 valence electrons.